The molecule has 13 rings (SSSR count). The number of fused-ring (bicyclic) bond motifs is 3. The standard InChI is InChI=1S/C49H61N20O30P5/c1-19-9-66(49(75)64-43(19)71)33-6-23(28(94-33)13-89-102(80,81)96-21-7-35(92-26(21)10-86-100(76)77)69-18-58-38-42(69)61-47(53)63-45(38)73)98-103(82,83)90-14-29-24(8-34(95-29)67-16-56-36-39(51)54-15-55-40(36)67)99-104(84,85)88-12-27-22(5-32(93-27)65-3-2-30(50)59-48(65)74)97-101(78,79)87-11-25-20(70)4-31(91-25)68-17-57-37-41(68)60-46(52)62-44(37)72/h2-3,9,15-18,20-29,31-35,70H,4-8,10-14H2,1H3,(H15-,50,51,52,53,54,55,59,60,61,62,63,64,71,72,73,74,75,76,77,78,79,80,81,82,83,84,85)/p+1/t20-,21-,22-,23-,24-,25+,26+,27+,28+,29+,31+,32+,33+,34+,35+/m0/s1. The topological polar surface area (TPSA) is 701 Å². The molecule has 5 fully saturated rings. The Bertz CT molecular complexity index is 5110. The van der Waals surface area contributed by atoms with Crippen LogP contribution in [0.2, 0.25) is 0 Å². The molecule has 0 radical (unpaired) electrons. The first-order valence-electron chi connectivity index (χ1n) is 30.6. The van der Waals surface area contributed by atoms with Gasteiger partial charge in [-0.25, -0.2) is 52.8 Å². The summed E-state index contributed by atoms with van der Waals surface area (Å²) in [4.78, 5) is 157. The second kappa shape index (κ2) is 29.5. The van der Waals surface area contributed by atoms with E-state index in [2.05, 4.69) is 54.8 Å². The van der Waals surface area contributed by atoms with Gasteiger partial charge in [0.05, 0.1) is 51.5 Å². The molecule has 0 aromatic carbocycles. The summed E-state index contributed by atoms with van der Waals surface area (Å²) >= 11 is 0. The van der Waals surface area contributed by atoms with Crippen molar-refractivity contribution in [2.45, 2.75) is 131 Å². The highest BCUT2D eigenvalue weighted by Gasteiger charge is 2.50. The van der Waals surface area contributed by atoms with E-state index >= 15 is 0 Å². The number of anilines is 4. The highest BCUT2D eigenvalue weighted by atomic mass is 31.2. The number of rotatable bonds is 28. The van der Waals surface area contributed by atoms with Crippen molar-refractivity contribution in [2.24, 2.45) is 0 Å². The Hall–Kier alpha value is -7.77. The minimum atomic E-state index is -5.55. The number of phosphoric acid groups is 4. The average Bonchev–Trinajstić information content (AvgIpc) is 1.66. The van der Waals surface area contributed by atoms with Gasteiger partial charge in [0, 0.05) is 54.6 Å². The number of imidazole rings is 3. The van der Waals surface area contributed by atoms with E-state index in [0.717, 1.165) is 28.0 Å². The molecule has 5 aliphatic rings. The zero-order valence-corrected chi connectivity index (χ0v) is 57.6. The number of nitrogens with two attached hydrogens (primary N) is 4. The van der Waals surface area contributed by atoms with Crippen LogP contribution < -0.4 is 51.0 Å². The van der Waals surface area contributed by atoms with Crippen molar-refractivity contribution >= 4 is 96.6 Å². The van der Waals surface area contributed by atoms with Gasteiger partial charge in [-0.05, 0) is 13.0 Å². The molecular formula is C49H62N20O30P5+. The fourth-order valence-corrected chi connectivity index (χ4v) is 16.1. The van der Waals surface area contributed by atoms with Crippen LogP contribution in [0.15, 0.2) is 67.7 Å². The number of hydrogen-bond acceptors (Lipinski definition) is 37. The van der Waals surface area contributed by atoms with Crippen molar-refractivity contribution in [3.63, 3.8) is 0 Å². The first kappa shape index (κ1) is 74.5. The van der Waals surface area contributed by atoms with Crippen LogP contribution in [0.1, 0.15) is 68.8 Å². The smallest absolute Gasteiger partial charge is 0.390 e. The molecule has 104 heavy (non-hydrogen) atoms. The molecule has 50 nitrogen and oxygen atoms in total. The van der Waals surface area contributed by atoms with Gasteiger partial charge in [0.15, 0.2) is 33.8 Å². The Morgan fingerprint density at radius 2 is 0.923 bits per heavy atom. The Morgan fingerprint density at radius 1 is 0.519 bits per heavy atom. The van der Waals surface area contributed by atoms with Gasteiger partial charge in [0.25, 0.3) is 16.7 Å². The molecule has 8 aromatic rings. The number of ether oxygens (including phenoxy) is 5. The van der Waals surface area contributed by atoms with E-state index < -0.39 is 212 Å². The summed E-state index contributed by atoms with van der Waals surface area (Å²) in [6.07, 6.45) is -17.0. The van der Waals surface area contributed by atoms with Crippen LogP contribution >= 0.6 is 39.5 Å². The molecule has 0 bridgehead atoms. The summed E-state index contributed by atoms with van der Waals surface area (Å²) in [6.45, 7) is -3.29. The van der Waals surface area contributed by atoms with Gasteiger partial charge in [-0.2, -0.15) is 15.0 Å². The van der Waals surface area contributed by atoms with Crippen LogP contribution in [-0.4, -0.2) is 201 Å². The maximum atomic E-state index is 14.3. The van der Waals surface area contributed by atoms with Crippen molar-refractivity contribution in [3.8, 4) is 0 Å². The van der Waals surface area contributed by atoms with E-state index in [1.807, 2.05) is 0 Å². The fraction of sp³-hybridized carbons (Fsp3) is 0.531. The number of aromatic nitrogens is 16. The molecular weight excluding hydrogens is 1500 g/mol. The lowest BCUT2D eigenvalue weighted by Crippen LogP contribution is -2.33. The number of aryl methyl sites for hydroxylation is 1. The van der Waals surface area contributed by atoms with E-state index in [1.165, 1.54) is 45.5 Å². The third-order valence-corrected chi connectivity index (χ3v) is 21.2. The Morgan fingerprint density at radius 3 is 1.38 bits per heavy atom. The van der Waals surface area contributed by atoms with Crippen molar-refractivity contribution in [1.82, 2.24) is 77.7 Å². The minimum Gasteiger partial charge on any atom is -0.390 e. The first-order chi connectivity index (χ1) is 49.2. The molecule has 8 aromatic heterocycles. The predicted molar refractivity (Wildman–Crippen MR) is 341 cm³/mol. The lowest BCUT2D eigenvalue weighted by Gasteiger charge is -2.25. The summed E-state index contributed by atoms with van der Waals surface area (Å²) < 4.78 is 152. The van der Waals surface area contributed by atoms with E-state index in [4.69, 9.17) is 87.3 Å². The SMILES string of the molecule is Cc1cn([C@H]2C[C@H](OP(=O)(O)OC[C@H]3O[C@@H](n4cnc5c(N)ncnc54)C[C@@H]3OP(=O)(O)OC[C@H]3O[C@@H](n4ccc(N)nc4=O)C[C@@H]3OP(=O)(O)OC[C@H]3O[C@@H](n4cnc5c(=O)[nH]c(N)nc54)C[C@@H]3O)[C@@H](COP(=O)(O)O[C@H]3C[C@H](n4cnc5c(=O)[nH]c(N)nc54)O[C@@H]3CO[P+](=O)O)O2)c(=O)[nH]c1=O. The normalized spacial score (nSPS) is 29.0. The van der Waals surface area contributed by atoms with E-state index in [1.54, 1.807) is 0 Å². The van der Waals surface area contributed by atoms with Crippen molar-refractivity contribution in [1.29, 1.82) is 0 Å². The van der Waals surface area contributed by atoms with Crippen LogP contribution in [0, 0.1) is 6.92 Å². The quantitative estimate of drug-likeness (QED) is 0.0236. The number of aliphatic hydroxyl groups excluding tert-OH is 1. The molecule has 17 N–H and O–H groups in total. The highest BCUT2D eigenvalue weighted by molar-refractivity contribution is 7.48. The largest absolute Gasteiger partial charge is 0.694 e. The van der Waals surface area contributed by atoms with E-state index in [9.17, 15) is 76.4 Å². The van der Waals surface area contributed by atoms with E-state index in [-0.39, 0.29) is 75.4 Å². The predicted octanol–water partition coefficient (Wildman–Crippen LogP) is -1.99. The maximum absolute atomic E-state index is 14.3. The first-order valence-corrected chi connectivity index (χ1v) is 37.7. The van der Waals surface area contributed by atoms with Crippen LogP contribution in [0.4, 0.5) is 23.5 Å². The van der Waals surface area contributed by atoms with Gasteiger partial charge in [-0.15, -0.1) is 9.42 Å². The Labute approximate surface area is 577 Å². The van der Waals surface area contributed by atoms with Crippen LogP contribution in [0.25, 0.3) is 33.5 Å². The van der Waals surface area contributed by atoms with Gasteiger partial charge in [-0.3, -0.25) is 88.4 Å². The molecule has 562 valence electrons. The highest BCUT2D eigenvalue weighted by Crippen LogP contribution is 2.55. The second-order valence-electron chi connectivity index (χ2n) is 23.7. The lowest BCUT2D eigenvalue weighted by molar-refractivity contribution is -0.0639. The van der Waals surface area contributed by atoms with Crippen molar-refractivity contribution < 1.29 is 117 Å². The fourth-order valence-electron chi connectivity index (χ4n) is 12.0. The molecule has 0 spiro atoms. The number of nitrogens with zero attached hydrogens (tertiary/aromatic N) is 13. The van der Waals surface area contributed by atoms with Crippen LogP contribution in [-0.2, 0) is 87.2 Å². The molecule has 0 saturated carbocycles. The lowest BCUT2D eigenvalue weighted by atomic mass is 10.2. The van der Waals surface area contributed by atoms with Crippen LogP contribution in [0.5, 0.6) is 0 Å². The van der Waals surface area contributed by atoms with Crippen LogP contribution in [0.3, 0.4) is 0 Å². The minimum absolute atomic E-state index is 0.00317. The third kappa shape index (κ3) is 16.4. The number of nitrogens with one attached hydrogen (secondary N) is 3. The molecule has 0 aliphatic carbocycles. The van der Waals surface area contributed by atoms with Crippen molar-refractivity contribution in [2.75, 3.05) is 56.0 Å². The monoisotopic (exact) mass is 1570 g/mol. The maximum Gasteiger partial charge on any atom is 0.694 e. The summed E-state index contributed by atoms with van der Waals surface area (Å²) in [5, 5.41) is 10.9. The summed E-state index contributed by atoms with van der Waals surface area (Å²) in [5.74, 6) is -0.793. The molecule has 55 heteroatoms. The second-order valence-corrected chi connectivity index (χ2v) is 30.1. The molecule has 20 atom stereocenters. The Kier molecular flexibility index (Phi) is 21.2. The van der Waals surface area contributed by atoms with Gasteiger partial charge >= 0.3 is 50.9 Å². The number of aliphatic hydroxyl groups is 1. The number of hydrogen-bond donors (Lipinski definition) is 13. The van der Waals surface area contributed by atoms with Gasteiger partial charge in [0.2, 0.25) is 11.9 Å². The zero-order chi connectivity index (χ0) is 74.1. The summed E-state index contributed by atoms with van der Waals surface area (Å²) in [7, 11) is -25.0. The Balaban J connectivity index is 0.697. The molecule has 0 amide bonds. The molecule has 13 heterocycles. The molecule has 5 saturated heterocycles. The number of H-pyrrole nitrogens is 3. The van der Waals surface area contributed by atoms with Crippen molar-refractivity contribution in [3.05, 3.63) is 101 Å². The van der Waals surface area contributed by atoms with Gasteiger partial charge in [0.1, 0.15) is 110 Å². The molecule has 5 aliphatic heterocycles. The number of phosphoric ester groups is 4. The number of nitrogen functional groups attached to an aromatic ring is 4. The zero-order valence-electron chi connectivity index (χ0n) is 53.1. The van der Waals surface area contributed by atoms with Gasteiger partial charge in [-0.1, -0.05) is 0 Å². The van der Waals surface area contributed by atoms with Gasteiger partial charge < -0.3 is 71.3 Å². The summed E-state index contributed by atoms with van der Waals surface area (Å²) in [6, 6.07) is 1.23. The summed E-state index contributed by atoms with van der Waals surface area (Å²) in [5.41, 5.74) is 18.9. The third-order valence-electron chi connectivity index (χ3n) is 16.8. The average molecular weight is 1570 g/mol. The number of aromatic amines is 3. The van der Waals surface area contributed by atoms with E-state index in [0.29, 0.717) is 0 Å². The molecule has 5 unspecified atom stereocenters.